The molecule has 3 aromatic heterocycles. The molecule has 0 amide bonds. The molecule has 0 unspecified atom stereocenters. The van der Waals surface area contributed by atoms with Crippen molar-refractivity contribution in [2.75, 3.05) is 0 Å². The van der Waals surface area contributed by atoms with E-state index in [2.05, 4.69) is 20.2 Å². The van der Waals surface area contributed by atoms with Crippen LogP contribution in [-0.4, -0.2) is 40.4 Å². The van der Waals surface area contributed by atoms with Crippen molar-refractivity contribution in [3.63, 3.8) is 0 Å². The third-order valence-corrected chi connectivity index (χ3v) is 3.12. The minimum Gasteiger partial charge on any atom is -0.493 e. The van der Waals surface area contributed by atoms with Gasteiger partial charge < -0.3 is 5.11 Å². The van der Waals surface area contributed by atoms with Crippen LogP contribution < -0.4 is 0 Å². The van der Waals surface area contributed by atoms with Crippen LogP contribution in [0.3, 0.4) is 0 Å². The number of rotatable bonds is 3. The van der Waals surface area contributed by atoms with E-state index < -0.39 is 0 Å². The van der Waals surface area contributed by atoms with E-state index in [1.807, 2.05) is 0 Å². The normalized spacial score (nSPS) is 10.8. The predicted molar refractivity (Wildman–Crippen MR) is 72.2 cm³/mol. The lowest BCUT2D eigenvalue weighted by Gasteiger charge is -2.06. The fourth-order valence-electron chi connectivity index (χ4n) is 1.98. The summed E-state index contributed by atoms with van der Waals surface area (Å²) in [6, 6.07) is 3.32. The molecule has 0 aliphatic rings. The zero-order chi connectivity index (χ0) is 15.0. The molecular formula is C13H12N6O2. The monoisotopic (exact) mass is 284 g/mol. The lowest BCUT2D eigenvalue weighted by Crippen LogP contribution is -2.07. The van der Waals surface area contributed by atoms with Gasteiger partial charge in [-0.1, -0.05) is 0 Å². The molecule has 0 bridgehead atoms. The highest BCUT2D eigenvalue weighted by molar-refractivity contribution is 6.10. The van der Waals surface area contributed by atoms with E-state index in [4.69, 9.17) is 0 Å². The minimum absolute atomic E-state index is 0.149. The number of nitrogens with zero attached hydrogens (tertiary/aromatic N) is 6. The molecular weight excluding hydrogens is 272 g/mol. The minimum atomic E-state index is -0.323. The van der Waals surface area contributed by atoms with Crippen molar-refractivity contribution in [3.8, 4) is 11.7 Å². The summed E-state index contributed by atoms with van der Waals surface area (Å²) in [4.78, 5) is 20.6. The molecule has 0 saturated heterocycles. The van der Waals surface area contributed by atoms with Crippen molar-refractivity contribution in [1.82, 2.24) is 29.5 Å². The van der Waals surface area contributed by atoms with Crippen LogP contribution in [0, 0.1) is 6.92 Å². The molecule has 8 heteroatoms. The Hall–Kier alpha value is -3.03. The molecule has 0 aromatic carbocycles. The largest absolute Gasteiger partial charge is 0.493 e. The molecule has 0 atom stereocenters. The summed E-state index contributed by atoms with van der Waals surface area (Å²) in [6.07, 6.45) is 4.27. The van der Waals surface area contributed by atoms with Crippen LogP contribution in [0.2, 0.25) is 0 Å². The number of carbonyl (C=O) groups is 1. The first kappa shape index (κ1) is 13.0. The highest BCUT2D eigenvalue weighted by Crippen LogP contribution is 2.21. The van der Waals surface area contributed by atoms with Gasteiger partial charge in [-0.2, -0.15) is 10.2 Å². The molecule has 0 saturated carbocycles. The van der Waals surface area contributed by atoms with Crippen LogP contribution in [0.25, 0.3) is 5.82 Å². The smallest absolute Gasteiger partial charge is 0.220 e. The molecule has 0 aliphatic carbocycles. The zero-order valence-corrected chi connectivity index (χ0v) is 11.4. The third-order valence-electron chi connectivity index (χ3n) is 3.12. The Morgan fingerprint density at radius 2 is 2.05 bits per heavy atom. The SMILES string of the molecule is Cc1nc(-n2cncn2)ccc1C(=O)c1cnn(C)c1O. The van der Waals surface area contributed by atoms with E-state index in [1.165, 1.54) is 28.2 Å². The average Bonchev–Trinajstić information content (AvgIpc) is 3.10. The van der Waals surface area contributed by atoms with Gasteiger partial charge in [0, 0.05) is 12.6 Å². The molecule has 3 aromatic rings. The summed E-state index contributed by atoms with van der Waals surface area (Å²) in [6.45, 7) is 1.72. The summed E-state index contributed by atoms with van der Waals surface area (Å²) in [5, 5.41) is 17.6. The first-order valence-electron chi connectivity index (χ1n) is 6.16. The van der Waals surface area contributed by atoms with E-state index in [0.717, 1.165) is 0 Å². The van der Waals surface area contributed by atoms with Crippen LogP contribution in [0.1, 0.15) is 21.6 Å². The van der Waals surface area contributed by atoms with E-state index in [9.17, 15) is 9.90 Å². The standard InChI is InChI=1S/C13H12N6O2/c1-8-9(12(20)10-5-15-18(2)13(10)21)3-4-11(17-8)19-7-14-6-16-19/h3-7,21H,1-2H3. The van der Waals surface area contributed by atoms with Gasteiger partial charge in [0.1, 0.15) is 18.2 Å². The predicted octanol–water partition coefficient (Wildman–Crippen LogP) is 0.641. The second-order valence-electron chi connectivity index (χ2n) is 4.48. The number of aromatic hydroxyl groups is 1. The van der Waals surface area contributed by atoms with Crippen molar-refractivity contribution >= 4 is 5.78 Å². The molecule has 3 rings (SSSR count). The Labute approximate surface area is 119 Å². The third kappa shape index (κ3) is 2.16. The molecule has 8 nitrogen and oxygen atoms in total. The highest BCUT2D eigenvalue weighted by Gasteiger charge is 2.19. The lowest BCUT2D eigenvalue weighted by molar-refractivity contribution is 0.103. The Balaban J connectivity index is 2.00. The van der Waals surface area contributed by atoms with Gasteiger partial charge in [-0.25, -0.2) is 19.3 Å². The summed E-state index contributed by atoms with van der Waals surface area (Å²) >= 11 is 0. The topological polar surface area (TPSA) is 98.7 Å². The summed E-state index contributed by atoms with van der Waals surface area (Å²) < 4.78 is 2.74. The Morgan fingerprint density at radius 1 is 1.24 bits per heavy atom. The molecule has 1 N–H and O–H groups in total. The quantitative estimate of drug-likeness (QED) is 0.709. The van der Waals surface area contributed by atoms with Crippen molar-refractivity contribution in [3.05, 3.63) is 47.8 Å². The van der Waals surface area contributed by atoms with Gasteiger partial charge in [-0.15, -0.1) is 0 Å². The Morgan fingerprint density at radius 3 is 2.62 bits per heavy atom. The van der Waals surface area contributed by atoms with Crippen LogP contribution >= 0.6 is 0 Å². The van der Waals surface area contributed by atoms with Crippen LogP contribution in [-0.2, 0) is 7.05 Å². The van der Waals surface area contributed by atoms with Crippen molar-refractivity contribution in [2.24, 2.45) is 7.05 Å². The van der Waals surface area contributed by atoms with Gasteiger partial charge in [0.25, 0.3) is 0 Å². The number of ketones is 1. The van der Waals surface area contributed by atoms with Crippen LogP contribution in [0.15, 0.2) is 31.0 Å². The molecule has 0 fully saturated rings. The number of carbonyl (C=O) groups excluding carboxylic acids is 1. The van der Waals surface area contributed by atoms with Crippen LogP contribution in [0.4, 0.5) is 0 Å². The molecule has 106 valence electrons. The fourth-order valence-corrected chi connectivity index (χ4v) is 1.98. The zero-order valence-electron chi connectivity index (χ0n) is 11.4. The summed E-state index contributed by atoms with van der Waals surface area (Å²) in [7, 11) is 1.56. The van der Waals surface area contributed by atoms with Gasteiger partial charge >= 0.3 is 0 Å². The number of hydrogen-bond donors (Lipinski definition) is 1. The van der Waals surface area contributed by atoms with Gasteiger partial charge in [-0.3, -0.25) is 4.79 Å². The molecule has 3 heterocycles. The van der Waals surface area contributed by atoms with Gasteiger partial charge in [0.05, 0.1) is 11.9 Å². The van der Waals surface area contributed by atoms with Crippen molar-refractivity contribution < 1.29 is 9.90 Å². The summed E-state index contributed by atoms with van der Waals surface area (Å²) in [5.74, 6) is 0.0763. The maximum Gasteiger partial charge on any atom is 0.220 e. The summed E-state index contributed by atoms with van der Waals surface area (Å²) in [5.41, 5.74) is 1.09. The molecule has 0 spiro atoms. The first-order chi connectivity index (χ1) is 10.1. The highest BCUT2D eigenvalue weighted by atomic mass is 16.3. The van der Waals surface area contributed by atoms with E-state index in [1.54, 1.807) is 26.1 Å². The van der Waals surface area contributed by atoms with Crippen molar-refractivity contribution in [1.29, 1.82) is 0 Å². The number of aryl methyl sites for hydroxylation is 2. The number of pyridine rings is 1. The molecule has 0 aliphatic heterocycles. The van der Waals surface area contributed by atoms with Crippen molar-refractivity contribution in [2.45, 2.75) is 6.92 Å². The second-order valence-corrected chi connectivity index (χ2v) is 4.48. The van der Waals surface area contributed by atoms with Gasteiger partial charge in [0.15, 0.2) is 5.82 Å². The Bertz CT molecular complexity index is 806. The number of hydrogen-bond acceptors (Lipinski definition) is 6. The Kier molecular flexibility index (Phi) is 2.98. The van der Waals surface area contributed by atoms with E-state index in [-0.39, 0.29) is 17.2 Å². The van der Waals surface area contributed by atoms with Gasteiger partial charge in [0.2, 0.25) is 11.7 Å². The lowest BCUT2D eigenvalue weighted by atomic mass is 10.0. The number of aromatic nitrogens is 6. The van der Waals surface area contributed by atoms with Crippen LogP contribution in [0.5, 0.6) is 5.88 Å². The first-order valence-corrected chi connectivity index (χ1v) is 6.16. The second kappa shape index (κ2) is 4.82. The van der Waals surface area contributed by atoms with E-state index >= 15 is 0 Å². The van der Waals surface area contributed by atoms with Gasteiger partial charge in [-0.05, 0) is 19.1 Å². The van der Waals surface area contributed by atoms with E-state index in [0.29, 0.717) is 17.1 Å². The maximum atomic E-state index is 12.4. The maximum absolute atomic E-state index is 12.4. The molecule has 21 heavy (non-hydrogen) atoms. The fraction of sp³-hybridized carbons (Fsp3) is 0.154. The molecule has 0 radical (unpaired) electrons. The average molecular weight is 284 g/mol.